The van der Waals surface area contributed by atoms with Gasteiger partial charge >= 0.3 is 6.01 Å². The average molecular weight is 347 g/mol. The van der Waals surface area contributed by atoms with Gasteiger partial charge in [0.25, 0.3) is 0 Å². The summed E-state index contributed by atoms with van der Waals surface area (Å²) in [4.78, 5) is 10.1. The van der Waals surface area contributed by atoms with E-state index in [9.17, 15) is 4.39 Å². The maximum absolute atomic E-state index is 12.8. The van der Waals surface area contributed by atoms with E-state index in [2.05, 4.69) is 14.9 Å². The second-order valence-electron chi connectivity index (χ2n) is 6.00. The van der Waals surface area contributed by atoms with E-state index in [0.717, 1.165) is 61.9 Å². The summed E-state index contributed by atoms with van der Waals surface area (Å²) in [5, 5.41) is 0. The lowest BCUT2D eigenvalue weighted by Gasteiger charge is -2.31. The number of rotatable bonds is 6. The smallest absolute Gasteiger partial charge is 0.316 e. The first kappa shape index (κ1) is 17.4. The summed E-state index contributed by atoms with van der Waals surface area (Å²) in [6.45, 7) is 2.64. The number of halogens is 1. The molecule has 1 aromatic heterocycles. The number of aromatic nitrogens is 2. The number of hydrogen-bond acceptors (Lipinski definition) is 6. The van der Waals surface area contributed by atoms with Gasteiger partial charge in [0, 0.05) is 25.7 Å². The largest absolute Gasteiger partial charge is 0.497 e. The van der Waals surface area contributed by atoms with Gasteiger partial charge in [-0.25, -0.2) is 14.4 Å². The first-order chi connectivity index (χ1) is 12.2. The average Bonchev–Trinajstić information content (AvgIpc) is 2.65. The van der Waals surface area contributed by atoms with Gasteiger partial charge in [-0.3, -0.25) is 4.90 Å². The molecule has 2 heterocycles. The van der Waals surface area contributed by atoms with Gasteiger partial charge in [-0.05, 0) is 30.5 Å². The topological polar surface area (TPSA) is 56.7 Å². The molecule has 0 saturated carbocycles. The van der Waals surface area contributed by atoms with Crippen molar-refractivity contribution in [2.24, 2.45) is 0 Å². The lowest BCUT2D eigenvalue weighted by atomic mass is 10.1. The van der Waals surface area contributed by atoms with Crippen LogP contribution in [-0.2, 0) is 6.54 Å². The van der Waals surface area contributed by atoms with E-state index in [1.165, 1.54) is 0 Å². The molecule has 3 rings (SSSR count). The van der Waals surface area contributed by atoms with Crippen LogP contribution in [0.2, 0.25) is 0 Å². The van der Waals surface area contributed by atoms with E-state index in [1.54, 1.807) is 14.2 Å². The van der Waals surface area contributed by atoms with Gasteiger partial charge in [0.1, 0.15) is 17.6 Å². The summed E-state index contributed by atoms with van der Waals surface area (Å²) in [5.74, 6) is 1.12. The number of methoxy groups -OCH3 is 2. The van der Waals surface area contributed by atoms with Crippen LogP contribution >= 0.6 is 0 Å². The van der Waals surface area contributed by atoms with E-state index in [-0.39, 0.29) is 12.1 Å². The standard InChI is InChI=1S/C18H22FN3O3/c1-23-16-7-13(8-17(9-16)24-2)12-22-5-3-15(4-6-22)25-18-20-10-14(19)11-21-18/h7-11,15H,3-6,12H2,1-2H3. The van der Waals surface area contributed by atoms with Crippen LogP contribution in [0, 0.1) is 5.82 Å². The molecular formula is C18H22FN3O3. The van der Waals surface area contributed by atoms with Crippen molar-refractivity contribution in [1.29, 1.82) is 0 Å². The Morgan fingerprint density at radius 1 is 1.04 bits per heavy atom. The van der Waals surface area contributed by atoms with Crippen LogP contribution in [0.4, 0.5) is 4.39 Å². The Bertz CT molecular complexity index is 666. The van der Waals surface area contributed by atoms with Gasteiger partial charge < -0.3 is 14.2 Å². The summed E-state index contributed by atoms with van der Waals surface area (Å²) in [6.07, 6.45) is 4.05. The molecule has 0 radical (unpaired) electrons. The Kier molecular flexibility index (Phi) is 5.65. The van der Waals surface area contributed by atoms with Crippen molar-refractivity contribution in [3.8, 4) is 17.5 Å². The Balaban J connectivity index is 1.53. The molecule has 1 saturated heterocycles. The predicted molar refractivity (Wildman–Crippen MR) is 90.5 cm³/mol. The zero-order valence-corrected chi connectivity index (χ0v) is 14.4. The van der Waals surface area contributed by atoms with Crippen molar-refractivity contribution >= 4 is 0 Å². The van der Waals surface area contributed by atoms with E-state index in [1.807, 2.05) is 18.2 Å². The third-order valence-electron chi connectivity index (χ3n) is 4.22. The molecule has 2 aromatic rings. The zero-order chi connectivity index (χ0) is 17.6. The Morgan fingerprint density at radius 3 is 2.20 bits per heavy atom. The summed E-state index contributed by atoms with van der Waals surface area (Å²) >= 11 is 0. The van der Waals surface area contributed by atoms with Gasteiger partial charge in [0.2, 0.25) is 0 Å². The highest BCUT2D eigenvalue weighted by Gasteiger charge is 2.21. The van der Waals surface area contributed by atoms with Gasteiger partial charge in [-0.15, -0.1) is 0 Å². The molecule has 1 fully saturated rings. The molecule has 1 aromatic carbocycles. The fourth-order valence-electron chi connectivity index (χ4n) is 2.91. The summed E-state index contributed by atoms with van der Waals surface area (Å²) in [5.41, 5.74) is 1.15. The number of hydrogen-bond donors (Lipinski definition) is 0. The normalized spacial score (nSPS) is 15.8. The first-order valence-electron chi connectivity index (χ1n) is 8.25. The van der Waals surface area contributed by atoms with Gasteiger partial charge in [0.15, 0.2) is 5.82 Å². The third-order valence-corrected chi connectivity index (χ3v) is 4.22. The van der Waals surface area contributed by atoms with Crippen LogP contribution in [0.1, 0.15) is 18.4 Å². The quantitative estimate of drug-likeness (QED) is 0.801. The minimum absolute atomic E-state index is 0.0570. The van der Waals surface area contributed by atoms with E-state index in [4.69, 9.17) is 14.2 Å². The molecule has 0 atom stereocenters. The van der Waals surface area contributed by atoms with Crippen LogP contribution < -0.4 is 14.2 Å². The second kappa shape index (κ2) is 8.11. The minimum atomic E-state index is -0.462. The van der Waals surface area contributed by atoms with Crippen molar-refractivity contribution in [3.63, 3.8) is 0 Å². The Labute approximate surface area is 146 Å². The fourth-order valence-corrected chi connectivity index (χ4v) is 2.91. The molecule has 1 aliphatic rings. The lowest BCUT2D eigenvalue weighted by molar-refractivity contribution is 0.0889. The summed E-state index contributed by atoms with van der Waals surface area (Å²) in [7, 11) is 3.30. The molecule has 1 aliphatic heterocycles. The van der Waals surface area contributed by atoms with Crippen molar-refractivity contribution in [3.05, 3.63) is 42.0 Å². The van der Waals surface area contributed by atoms with Gasteiger partial charge in [0.05, 0.1) is 26.6 Å². The molecule has 134 valence electrons. The van der Waals surface area contributed by atoms with Crippen LogP contribution in [-0.4, -0.2) is 48.3 Å². The molecule has 0 spiro atoms. The SMILES string of the molecule is COc1cc(CN2CCC(Oc3ncc(F)cn3)CC2)cc(OC)c1. The molecule has 0 unspecified atom stereocenters. The first-order valence-corrected chi connectivity index (χ1v) is 8.25. The van der Waals surface area contributed by atoms with Gasteiger partial charge in [-0.1, -0.05) is 0 Å². The molecule has 25 heavy (non-hydrogen) atoms. The van der Waals surface area contributed by atoms with Crippen LogP contribution in [0.5, 0.6) is 17.5 Å². The van der Waals surface area contributed by atoms with Gasteiger partial charge in [-0.2, -0.15) is 0 Å². The Hall–Kier alpha value is -2.41. The molecule has 6 nitrogen and oxygen atoms in total. The number of benzene rings is 1. The van der Waals surface area contributed by atoms with Crippen LogP contribution in [0.15, 0.2) is 30.6 Å². The number of likely N-dealkylation sites (tertiary alicyclic amines) is 1. The molecule has 0 aliphatic carbocycles. The van der Waals surface area contributed by atoms with Crippen molar-refractivity contribution in [2.75, 3.05) is 27.3 Å². The fraction of sp³-hybridized carbons (Fsp3) is 0.444. The van der Waals surface area contributed by atoms with E-state index in [0.29, 0.717) is 0 Å². The van der Waals surface area contributed by atoms with E-state index >= 15 is 0 Å². The van der Waals surface area contributed by atoms with E-state index < -0.39 is 5.82 Å². The summed E-state index contributed by atoms with van der Waals surface area (Å²) in [6, 6.07) is 6.15. The molecule has 0 N–H and O–H groups in total. The predicted octanol–water partition coefficient (Wildman–Crippen LogP) is 2.68. The van der Waals surface area contributed by atoms with Crippen molar-refractivity contribution in [1.82, 2.24) is 14.9 Å². The third kappa shape index (κ3) is 4.79. The molecule has 0 bridgehead atoms. The summed E-state index contributed by atoms with van der Waals surface area (Å²) < 4.78 is 29.2. The molecule has 0 amide bonds. The molecular weight excluding hydrogens is 325 g/mol. The second-order valence-corrected chi connectivity index (χ2v) is 6.00. The lowest BCUT2D eigenvalue weighted by Crippen LogP contribution is -2.38. The maximum Gasteiger partial charge on any atom is 0.316 e. The van der Waals surface area contributed by atoms with Crippen LogP contribution in [0.25, 0.3) is 0 Å². The maximum atomic E-state index is 12.8. The number of nitrogens with zero attached hydrogens (tertiary/aromatic N) is 3. The highest BCUT2D eigenvalue weighted by Crippen LogP contribution is 2.25. The van der Waals surface area contributed by atoms with Crippen molar-refractivity contribution < 1.29 is 18.6 Å². The van der Waals surface area contributed by atoms with Crippen LogP contribution in [0.3, 0.4) is 0 Å². The highest BCUT2D eigenvalue weighted by molar-refractivity contribution is 5.38. The minimum Gasteiger partial charge on any atom is -0.497 e. The highest BCUT2D eigenvalue weighted by atomic mass is 19.1. The number of ether oxygens (including phenoxy) is 3. The molecule has 7 heteroatoms. The van der Waals surface area contributed by atoms with Crippen molar-refractivity contribution in [2.45, 2.75) is 25.5 Å². The monoisotopic (exact) mass is 347 g/mol. The zero-order valence-electron chi connectivity index (χ0n) is 14.4. The Morgan fingerprint density at radius 2 is 1.64 bits per heavy atom. The number of piperidine rings is 1.